The number of benzene rings is 2. The first-order valence-corrected chi connectivity index (χ1v) is 10.9. The summed E-state index contributed by atoms with van der Waals surface area (Å²) in [7, 11) is 0. The van der Waals surface area contributed by atoms with E-state index in [1.54, 1.807) is 36.7 Å². The lowest BCUT2D eigenvalue weighted by Crippen LogP contribution is -2.26. The molecule has 0 unspecified atom stereocenters. The Balaban J connectivity index is 1.55. The molecule has 0 aliphatic carbocycles. The fourth-order valence-corrected chi connectivity index (χ4v) is 3.39. The molecule has 0 spiro atoms. The van der Waals surface area contributed by atoms with Crippen molar-refractivity contribution in [3.63, 3.8) is 0 Å². The summed E-state index contributed by atoms with van der Waals surface area (Å²) < 4.78 is 7.02. The lowest BCUT2D eigenvalue weighted by atomic mass is 10.1. The van der Waals surface area contributed by atoms with Crippen molar-refractivity contribution in [2.45, 2.75) is 20.0 Å². The van der Waals surface area contributed by atoms with Crippen LogP contribution in [0.25, 0.3) is 0 Å². The monoisotopic (exact) mass is 455 g/mol. The molecule has 8 nitrogen and oxygen atoms in total. The average Bonchev–Trinajstić information content (AvgIpc) is 2.88. The van der Waals surface area contributed by atoms with Gasteiger partial charge < -0.3 is 15.4 Å². The van der Waals surface area contributed by atoms with Crippen LogP contribution in [0.4, 0.5) is 11.4 Å². The number of aromatic nitrogens is 3. The van der Waals surface area contributed by atoms with Gasteiger partial charge in [-0.2, -0.15) is 5.10 Å². The largest absolute Gasteiger partial charge is 0.490 e. The van der Waals surface area contributed by atoms with Gasteiger partial charge in [-0.25, -0.2) is 4.68 Å². The summed E-state index contributed by atoms with van der Waals surface area (Å²) in [6.07, 6.45) is 4.89. The molecule has 8 heteroatoms. The maximum atomic E-state index is 13.2. The third-order valence-electron chi connectivity index (χ3n) is 5.08. The summed E-state index contributed by atoms with van der Waals surface area (Å²) in [6.45, 7) is 2.95. The Kier molecular flexibility index (Phi) is 7.29. The van der Waals surface area contributed by atoms with Crippen LogP contribution in [-0.4, -0.2) is 27.3 Å². The topological polar surface area (TPSA) is 98.1 Å². The van der Waals surface area contributed by atoms with Crippen LogP contribution in [0.5, 0.6) is 5.75 Å². The van der Waals surface area contributed by atoms with E-state index in [4.69, 9.17) is 4.74 Å². The number of pyridine rings is 1. The number of carbonyl (C=O) groups excluding carboxylic acids is 1. The van der Waals surface area contributed by atoms with Gasteiger partial charge >= 0.3 is 0 Å². The quantitative estimate of drug-likeness (QED) is 0.399. The molecule has 2 heterocycles. The zero-order valence-electron chi connectivity index (χ0n) is 18.8. The number of anilines is 2. The molecule has 4 rings (SSSR count). The third kappa shape index (κ3) is 5.66. The number of amides is 1. The Morgan fingerprint density at radius 1 is 1.00 bits per heavy atom. The Morgan fingerprint density at radius 2 is 1.79 bits per heavy atom. The number of rotatable bonds is 9. The smallest absolute Gasteiger partial charge is 0.294 e. The summed E-state index contributed by atoms with van der Waals surface area (Å²) in [5, 5.41) is 10.3. The van der Waals surface area contributed by atoms with Gasteiger partial charge in [-0.3, -0.25) is 14.6 Å². The molecule has 2 aromatic carbocycles. The molecule has 4 aromatic rings. The van der Waals surface area contributed by atoms with E-state index in [-0.39, 0.29) is 17.2 Å². The minimum atomic E-state index is -0.317. The molecular weight excluding hydrogens is 430 g/mol. The number of carbonyl (C=O) groups is 1. The molecule has 0 atom stereocenters. The van der Waals surface area contributed by atoms with Crippen LogP contribution in [0, 0.1) is 0 Å². The van der Waals surface area contributed by atoms with Crippen molar-refractivity contribution >= 4 is 17.3 Å². The molecule has 0 aliphatic rings. The SMILES string of the molecule is CCOc1cnn(Cc2ccccc2)c(=O)c1Nc1cccc(C(=O)NCc2ccncc2)c1. The number of hydrogen-bond donors (Lipinski definition) is 2. The molecule has 1 amide bonds. The summed E-state index contributed by atoms with van der Waals surface area (Å²) >= 11 is 0. The lowest BCUT2D eigenvalue weighted by molar-refractivity contribution is 0.0951. The van der Waals surface area contributed by atoms with E-state index in [0.717, 1.165) is 11.1 Å². The first-order valence-electron chi connectivity index (χ1n) is 10.9. The molecule has 34 heavy (non-hydrogen) atoms. The molecule has 172 valence electrons. The summed E-state index contributed by atoms with van der Waals surface area (Å²) in [5.74, 6) is 0.131. The van der Waals surface area contributed by atoms with E-state index in [1.165, 1.54) is 10.9 Å². The molecule has 2 N–H and O–H groups in total. The van der Waals surface area contributed by atoms with Gasteiger partial charge in [-0.05, 0) is 48.4 Å². The molecular formula is C26H25N5O3. The standard InChI is InChI=1S/C26H25N5O3/c1-2-34-23-17-29-31(18-20-7-4-3-5-8-20)26(33)24(23)30-22-10-6-9-21(15-22)25(32)28-16-19-11-13-27-14-12-19/h3-15,17,30H,2,16,18H2,1H3,(H,28,32). The van der Waals surface area contributed by atoms with Gasteiger partial charge in [0.25, 0.3) is 11.5 Å². The number of hydrogen-bond acceptors (Lipinski definition) is 6. The Hall–Kier alpha value is -4.46. The van der Waals surface area contributed by atoms with Crippen LogP contribution in [-0.2, 0) is 13.1 Å². The van der Waals surface area contributed by atoms with Gasteiger partial charge in [0.15, 0.2) is 11.4 Å². The molecule has 2 aromatic heterocycles. The average molecular weight is 456 g/mol. The van der Waals surface area contributed by atoms with Gasteiger partial charge in [0, 0.05) is 30.2 Å². The molecule has 0 fully saturated rings. The Bertz CT molecular complexity index is 1310. The second kappa shape index (κ2) is 10.9. The molecule has 0 saturated carbocycles. The Morgan fingerprint density at radius 3 is 2.56 bits per heavy atom. The fraction of sp³-hybridized carbons (Fsp3) is 0.154. The van der Waals surface area contributed by atoms with E-state index in [1.807, 2.05) is 49.4 Å². The summed E-state index contributed by atoms with van der Waals surface area (Å²) in [4.78, 5) is 29.9. The van der Waals surface area contributed by atoms with Crippen molar-refractivity contribution in [1.29, 1.82) is 0 Å². The highest BCUT2D eigenvalue weighted by Gasteiger charge is 2.14. The fourth-order valence-electron chi connectivity index (χ4n) is 3.39. The predicted octanol–water partition coefficient (Wildman–Crippen LogP) is 3.76. The molecule has 0 saturated heterocycles. The second-order valence-corrected chi connectivity index (χ2v) is 7.51. The maximum absolute atomic E-state index is 13.2. The van der Waals surface area contributed by atoms with Crippen LogP contribution < -0.4 is 20.9 Å². The van der Waals surface area contributed by atoms with Gasteiger partial charge in [-0.1, -0.05) is 36.4 Å². The second-order valence-electron chi connectivity index (χ2n) is 7.51. The minimum Gasteiger partial charge on any atom is -0.490 e. The summed E-state index contributed by atoms with van der Waals surface area (Å²) in [6, 6.07) is 20.3. The van der Waals surface area contributed by atoms with Crippen LogP contribution in [0.2, 0.25) is 0 Å². The van der Waals surface area contributed by atoms with Gasteiger partial charge in [0.2, 0.25) is 0 Å². The number of ether oxygens (including phenoxy) is 1. The van der Waals surface area contributed by atoms with Crippen molar-refractivity contribution in [2.75, 3.05) is 11.9 Å². The van der Waals surface area contributed by atoms with Gasteiger partial charge in [0.1, 0.15) is 0 Å². The zero-order valence-corrected chi connectivity index (χ0v) is 18.8. The van der Waals surface area contributed by atoms with E-state index in [9.17, 15) is 9.59 Å². The first kappa shape index (κ1) is 22.7. The van der Waals surface area contributed by atoms with Crippen molar-refractivity contribution < 1.29 is 9.53 Å². The summed E-state index contributed by atoms with van der Waals surface area (Å²) in [5.41, 5.74) is 2.92. The highest BCUT2D eigenvalue weighted by molar-refractivity contribution is 5.95. The third-order valence-corrected chi connectivity index (χ3v) is 5.08. The molecule has 0 bridgehead atoms. The van der Waals surface area contributed by atoms with Crippen molar-refractivity contribution in [3.8, 4) is 5.75 Å². The van der Waals surface area contributed by atoms with Crippen molar-refractivity contribution in [1.82, 2.24) is 20.1 Å². The highest BCUT2D eigenvalue weighted by atomic mass is 16.5. The van der Waals surface area contributed by atoms with Crippen molar-refractivity contribution in [2.24, 2.45) is 0 Å². The van der Waals surface area contributed by atoms with Crippen molar-refractivity contribution in [3.05, 3.63) is 112 Å². The predicted molar refractivity (Wildman–Crippen MR) is 130 cm³/mol. The molecule has 0 aliphatic heterocycles. The van der Waals surface area contributed by atoms with Crippen LogP contribution >= 0.6 is 0 Å². The van der Waals surface area contributed by atoms with E-state index in [0.29, 0.717) is 36.7 Å². The Labute approximate surface area is 197 Å². The van der Waals surface area contributed by atoms with Crippen LogP contribution in [0.1, 0.15) is 28.4 Å². The van der Waals surface area contributed by atoms with E-state index >= 15 is 0 Å². The minimum absolute atomic E-state index is 0.221. The lowest BCUT2D eigenvalue weighted by Gasteiger charge is -2.14. The first-order chi connectivity index (χ1) is 16.6. The number of nitrogens with one attached hydrogen (secondary N) is 2. The van der Waals surface area contributed by atoms with Crippen LogP contribution in [0.15, 0.2) is 90.1 Å². The van der Waals surface area contributed by atoms with E-state index < -0.39 is 0 Å². The number of nitrogens with zero attached hydrogens (tertiary/aromatic N) is 3. The normalized spacial score (nSPS) is 10.5. The van der Waals surface area contributed by atoms with Crippen LogP contribution in [0.3, 0.4) is 0 Å². The van der Waals surface area contributed by atoms with Gasteiger partial charge in [-0.15, -0.1) is 0 Å². The maximum Gasteiger partial charge on any atom is 0.294 e. The molecule has 0 radical (unpaired) electrons. The zero-order chi connectivity index (χ0) is 23.8. The van der Waals surface area contributed by atoms with Gasteiger partial charge in [0.05, 0.1) is 19.3 Å². The van der Waals surface area contributed by atoms with E-state index in [2.05, 4.69) is 20.7 Å². The highest BCUT2D eigenvalue weighted by Crippen LogP contribution is 2.24.